The first-order valence-corrected chi connectivity index (χ1v) is 6.15. The van der Waals surface area contributed by atoms with Crippen molar-refractivity contribution in [2.24, 2.45) is 0 Å². The van der Waals surface area contributed by atoms with Gasteiger partial charge in [-0.3, -0.25) is 4.79 Å². The van der Waals surface area contributed by atoms with Crippen LogP contribution >= 0.6 is 15.9 Å². The Morgan fingerprint density at radius 1 is 1.38 bits per heavy atom. The summed E-state index contributed by atoms with van der Waals surface area (Å²) in [6, 6.07) is 7.16. The van der Waals surface area contributed by atoms with E-state index >= 15 is 0 Å². The fourth-order valence-corrected chi connectivity index (χ4v) is 1.97. The molecular formula is C12H14BrNO2. The lowest BCUT2D eigenvalue weighted by Crippen LogP contribution is -2.47. The predicted octanol–water partition coefficient (Wildman–Crippen LogP) is 2.09. The van der Waals surface area contributed by atoms with E-state index in [0.717, 1.165) is 23.7 Å². The number of benzene rings is 1. The normalized spacial score (nSPS) is 17.6. The maximum atomic E-state index is 11.7. The summed E-state index contributed by atoms with van der Waals surface area (Å²) in [6.45, 7) is 0.349. The minimum atomic E-state index is -0.662. The SMILES string of the molecule is O=C(NCC1(O)CCC1)c1ccc(Br)cc1. The van der Waals surface area contributed by atoms with Gasteiger partial charge in [0.05, 0.1) is 5.60 Å². The molecule has 0 heterocycles. The largest absolute Gasteiger partial charge is 0.388 e. The second-order valence-corrected chi connectivity index (χ2v) is 5.18. The lowest BCUT2D eigenvalue weighted by molar-refractivity contribution is -0.0300. The zero-order valence-corrected chi connectivity index (χ0v) is 10.5. The lowest BCUT2D eigenvalue weighted by atomic mass is 9.80. The number of hydrogen-bond acceptors (Lipinski definition) is 2. The van der Waals surface area contributed by atoms with Gasteiger partial charge >= 0.3 is 0 Å². The summed E-state index contributed by atoms with van der Waals surface area (Å²) in [7, 11) is 0. The molecule has 1 aromatic rings. The Bertz CT molecular complexity index is 385. The minimum absolute atomic E-state index is 0.132. The second kappa shape index (κ2) is 4.55. The smallest absolute Gasteiger partial charge is 0.251 e. The van der Waals surface area contributed by atoms with Crippen LogP contribution in [0.3, 0.4) is 0 Å². The summed E-state index contributed by atoms with van der Waals surface area (Å²) >= 11 is 3.31. The van der Waals surface area contributed by atoms with Crippen LogP contribution in [0.15, 0.2) is 28.7 Å². The molecule has 1 amide bonds. The Morgan fingerprint density at radius 2 is 2.00 bits per heavy atom. The van der Waals surface area contributed by atoms with Gasteiger partial charge in [-0.25, -0.2) is 0 Å². The van der Waals surface area contributed by atoms with Gasteiger partial charge in [-0.15, -0.1) is 0 Å². The first kappa shape index (κ1) is 11.6. The van der Waals surface area contributed by atoms with Gasteiger partial charge in [0, 0.05) is 16.6 Å². The van der Waals surface area contributed by atoms with E-state index in [1.807, 2.05) is 12.1 Å². The fraction of sp³-hybridized carbons (Fsp3) is 0.417. The average Bonchev–Trinajstić information content (AvgIpc) is 2.24. The number of nitrogens with one attached hydrogen (secondary N) is 1. The minimum Gasteiger partial charge on any atom is -0.388 e. The molecule has 0 spiro atoms. The predicted molar refractivity (Wildman–Crippen MR) is 65.3 cm³/mol. The Morgan fingerprint density at radius 3 is 2.50 bits per heavy atom. The van der Waals surface area contributed by atoms with Crippen molar-refractivity contribution in [3.8, 4) is 0 Å². The van der Waals surface area contributed by atoms with Crippen LogP contribution in [0.4, 0.5) is 0 Å². The molecular weight excluding hydrogens is 270 g/mol. The number of aliphatic hydroxyl groups is 1. The number of halogens is 1. The van der Waals surface area contributed by atoms with Crippen LogP contribution in [0.2, 0.25) is 0 Å². The van der Waals surface area contributed by atoms with E-state index in [9.17, 15) is 9.90 Å². The van der Waals surface area contributed by atoms with E-state index in [1.165, 1.54) is 0 Å². The van der Waals surface area contributed by atoms with Crippen LogP contribution in [0.25, 0.3) is 0 Å². The van der Waals surface area contributed by atoms with Crippen LogP contribution in [0.5, 0.6) is 0 Å². The standard InChI is InChI=1S/C12H14BrNO2/c13-10-4-2-9(3-5-10)11(15)14-8-12(16)6-1-7-12/h2-5,16H,1,6-8H2,(H,14,15). The topological polar surface area (TPSA) is 49.3 Å². The Kier molecular flexibility index (Phi) is 3.30. The molecule has 1 fully saturated rings. The highest BCUT2D eigenvalue weighted by molar-refractivity contribution is 9.10. The van der Waals surface area contributed by atoms with Crippen LogP contribution in [0, 0.1) is 0 Å². The molecule has 0 unspecified atom stereocenters. The van der Waals surface area contributed by atoms with Gasteiger partial charge in [-0.2, -0.15) is 0 Å². The Labute approximate surface area is 103 Å². The third kappa shape index (κ3) is 2.62. The first-order valence-electron chi connectivity index (χ1n) is 5.35. The van der Waals surface area contributed by atoms with Gasteiger partial charge in [-0.1, -0.05) is 15.9 Å². The van der Waals surface area contributed by atoms with Gasteiger partial charge in [-0.05, 0) is 43.5 Å². The van der Waals surface area contributed by atoms with Crippen LogP contribution in [0.1, 0.15) is 29.6 Å². The van der Waals surface area contributed by atoms with Crippen LogP contribution < -0.4 is 5.32 Å². The summed E-state index contributed by atoms with van der Waals surface area (Å²) in [4.78, 5) is 11.7. The molecule has 1 saturated carbocycles. The number of carbonyl (C=O) groups is 1. The number of carbonyl (C=O) groups excluding carboxylic acids is 1. The highest BCUT2D eigenvalue weighted by Gasteiger charge is 2.34. The zero-order chi connectivity index (χ0) is 11.6. The molecule has 1 aromatic carbocycles. The molecule has 0 aromatic heterocycles. The van der Waals surface area contributed by atoms with E-state index in [-0.39, 0.29) is 5.91 Å². The quantitative estimate of drug-likeness (QED) is 0.893. The van der Waals surface area contributed by atoms with Gasteiger partial charge in [0.15, 0.2) is 0 Å². The van der Waals surface area contributed by atoms with Crippen molar-refractivity contribution in [1.82, 2.24) is 5.32 Å². The van der Waals surface area contributed by atoms with E-state index in [1.54, 1.807) is 12.1 Å². The van der Waals surface area contributed by atoms with E-state index in [0.29, 0.717) is 12.1 Å². The Balaban J connectivity index is 1.90. The van der Waals surface area contributed by atoms with E-state index in [2.05, 4.69) is 21.2 Å². The molecule has 0 radical (unpaired) electrons. The zero-order valence-electron chi connectivity index (χ0n) is 8.87. The maximum Gasteiger partial charge on any atom is 0.251 e. The highest BCUT2D eigenvalue weighted by atomic mass is 79.9. The molecule has 4 heteroatoms. The van der Waals surface area contributed by atoms with Crippen molar-refractivity contribution in [3.63, 3.8) is 0 Å². The Hall–Kier alpha value is -0.870. The van der Waals surface area contributed by atoms with Crippen molar-refractivity contribution < 1.29 is 9.90 Å². The van der Waals surface area contributed by atoms with Crippen molar-refractivity contribution in [3.05, 3.63) is 34.3 Å². The summed E-state index contributed by atoms with van der Waals surface area (Å²) in [5.74, 6) is -0.132. The molecule has 2 N–H and O–H groups in total. The maximum absolute atomic E-state index is 11.7. The average molecular weight is 284 g/mol. The van der Waals surface area contributed by atoms with Crippen LogP contribution in [-0.2, 0) is 0 Å². The van der Waals surface area contributed by atoms with Gasteiger partial charge in [0.1, 0.15) is 0 Å². The molecule has 2 rings (SSSR count). The molecule has 0 aliphatic heterocycles. The van der Waals surface area contributed by atoms with Gasteiger partial charge in [0.2, 0.25) is 0 Å². The molecule has 0 atom stereocenters. The van der Waals surface area contributed by atoms with Gasteiger partial charge in [0.25, 0.3) is 5.91 Å². The summed E-state index contributed by atoms with van der Waals surface area (Å²) in [5, 5.41) is 12.6. The van der Waals surface area contributed by atoms with Crippen molar-refractivity contribution in [2.45, 2.75) is 24.9 Å². The summed E-state index contributed by atoms with van der Waals surface area (Å²) in [5.41, 5.74) is -0.0449. The first-order chi connectivity index (χ1) is 7.59. The van der Waals surface area contributed by atoms with Crippen molar-refractivity contribution in [2.75, 3.05) is 6.54 Å². The molecule has 1 aliphatic carbocycles. The number of hydrogen-bond donors (Lipinski definition) is 2. The number of amides is 1. The van der Waals surface area contributed by atoms with Crippen molar-refractivity contribution >= 4 is 21.8 Å². The summed E-state index contributed by atoms with van der Waals surface area (Å²) < 4.78 is 0.946. The van der Waals surface area contributed by atoms with Crippen LogP contribution in [-0.4, -0.2) is 23.2 Å². The molecule has 0 bridgehead atoms. The van der Waals surface area contributed by atoms with Gasteiger partial charge < -0.3 is 10.4 Å². The molecule has 16 heavy (non-hydrogen) atoms. The van der Waals surface area contributed by atoms with Crippen molar-refractivity contribution in [1.29, 1.82) is 0 Å². The third-order valence-electron chi connectivity index (χ3n) is 2.97. The third-order valence-corrected chi connectivity index (χ3v) is 3.50. The monoisotopic (exact) mass is 283 g/mol. The fourth-order valence-electron chi connectivity index (χ4n) is 1.71. The molecule has 0 saturated heterocycles. The van der Waals surface area contributed by atoms with E-state index < -0.39 is 5.60 Å². The summed E-state index contributed by atoms with van der Waals surface area (Å²) in [6.07, 6.45) is 2.62. The van der Waals surface area contributed by atoms with E-state index in [4.69, 9.17) is 0 Å². The number of rotatable bonds is 3. The molecule has 1 aliphatic rings. The molecule has 3 nitrogen and oxygen atoms in total. The second-order valence-electron chi connectivity index (χ2n) is 4.27. The lowest BCUT2D eigenvalue weighted by Gasteiger charge is -2.36. The molecule has 86 valence electrons. The highest BCUT2D eigenvalue weighted by Crippen LogP contribution is 2.30.